The Bertz CT molecular complexity index is 466. The van der Waals surface area contributed by atoms with Gasteiger partial charge in [-0.15, -0.1) is 0 Å². The molecule has 2 rings (SSSR count). The van der Waals surface area contributed by atoms with Crippen molar-refractivity contribution in [1.82, 2.24) is 4.90 Å². The lowest BCUT2D eigenvalue weighted by atomic mass is 10.2. The molecule has 0 radical (unpaired) electrons. The third-order valence-corrected chi connectivity index (χ3v) is 3.22. The Morgan fingerprint density at radius 3 is 2.95 bits per heavy atom. The van der Waals surface area contributed by atoms with Gasteiger partial charge in [-0.3, -0.25) is 0 Å². The van der Waals surface area contributed by atoms with E-state index >= 15 is 0 Å². The quantitative estimate of drug-likeness (QED) is 0.852. The fraction of sp³-hybridized carbons (Fsp3) is 0.375. The van der Waals surface area contributed by atoms with Crippen LogP contribution in [0.3, 0.4) is 0 Å². The summed E-state index contributed by atoms with van der Waals surface area (Å²) in [4.78, 5) is 2.35. The lowest BCUT2D eigenvalue weighted by Crippen LogP contribution is -2.29. The SMILES string of the molecule is CCCN1CC=CC=C1COc1ccccc1CN. The predicted molar refractivity (Wildman–Crippen MR) is 78.9 cm³/mol. The Morgan fingerprint density at radius 2 is 2.16 bits per heavy atom. The molecule has 2 N–H and O–H groups in total. The van der Waals surface area contributed by atoms with Crippen molar-refractivity contribution in [2.45, 2.75) is 19.9 Å². The van der Waals surface area contributed by atoms with E-state index in [4.69, 9.17) is 10.5 Å². The molecule has 0 atom stereocenters. The zero-order valence-electron chi connectivity index (χ0n) is 11.5. The van der Waals surface area contributed by atoms with Crippen LogP contribution in [0.5, 0.6) is 5.75 Å². The van der Waals surface area contributed by atoms with Gasteiger partial charge in [0.1, 0.15) is 12.4 Å². The zero-order valence-corrected chi connectivity index (χ0v) is 11.5. The standard InChI is InChI=1S/C16H22N2O/c1-2-10-18-11-6-5-8-15(18)13-19-16-9-4-3-7-14(16)12-17/h3-9H,2,10-13,17H2,1H3. The molecule has 0 amide bonds. The van der Waals surface area contributed by atoms with Gasteiger partial charge in [-0.25, -0.2) is 0 Å². The minimum absolute atomic E-state index is 0.508. The van der Waals surface area contributed by atoms with Crippen molar-refractivity contribution in [2.75, 3.05) is 19.7 Å². The van der Waals surface area contributed by atoms with Crippen LogP contribution in [0.4, 0.5) is 0 Å². The summed E-state index contributed by atoms with van der Waals surface area (Å²) in [5.74, 6) is 0.886. The fourth-order valence-electron chi connectivity index (χ4n) is 2.20. The molecule has 0 spiro atoms. The first-order chi connectivity index (χ1) is 9.35. The van der Waals surface area contributed by atoms with Gasteiger partial charge in [-0.1, -0.05) is 37.3 Å². The monoisotopic (exact) mass is 258 g/mol. The van der Waals surface area contributed by atoms with E-state index in [1.807, 2.05) is 24.3 Å². The largest absolute Gasteiger partial charge is 0.487 e. The van der Waals surface area contributed by atoms with Gasteiger partial charge in [0.25, 0.3) is 0 Å². The van der Waals surface area contributed by atoms with Gasteiger partial charge < -0.3 is 15.4 Å². The first-order valence-electron chi connectivity index (χ1n) is 6.86. The topological polar surface area (TPSA) is 38.5 Å². The smallest absolute Gasteiger partial charge is 0.128 e. The molecule has 1 aromatic carbocycles. The summed E-state index contributed by atoms with van der Waals surface area (Å²) in [6.45, 7) is 5.34. The van der Waals surface area contributed by atoms with Crippen molar-refractivity contribution in [3.05, 3.63) is 53.8 Å². The molecule has 102 valence electrons. The third kappa shape index (κ3) is 3.61. The lowest BCUT2D eigenvalue weighted by Gasteiger charge is -2.28. The van der Waals surface area contributed by atoms with E-state index in [9.17, 15) is 0 Å². The van der Waals surface area contributed by atoms with E-state index in [0.717, 1.165) is 30.8 Å². The Kier molecular flexibility index (Phi) is 5.04. The van der Waals surface area contributed by atoms with Crippen LogP contribution in [0.1, 0.15) is 18.9 Å². The van der Waals surface area contributed by atoms with E-state index in [-0.39, 0.29) is 0 Å². The molecule has 0 saturated heterocycles. The van der Waals surface area contributed by atoms with Crippen LogP contribution >= 0.6 is 0 Å². The van der Waals surface area contributed by atoms with E-state index in [0.29, 0.717) is 13.2 Å². The maximum absolute atomic E-state index is 5.92. The van der Waals surface area contributed by atoms with Gasteiger partial charge in [-0.2, -0.15) is 0 Å². The maximum atomic E-state index is 5.92. The summed E-state index contributed by atoms with van der Waals surface area (Å²) in [7, 11) is 0. The first kappa shape index (κ1) is 13.7. The summed E-state index contributed by atoms with van der Waals surface area (Å²) in [6.07, 6.45) is 7.54. The molecule has 3 nitrogen and oxygen atoms in total. The average molecular weight is 258 g/mol. The normalized spacial score (nSPS) is 14.4. The molecule has 0 bridgehead atoms. The van der Waals surface area contributed by atoms with Crippen LogP contribution in [0.2, 0.25) is 0 Å². The summed E-state index contributed by atoms with van der Waals surface area (Å²) in [6, 6.07) is 7.95. The van der Waals surface area contributed by atoms with Crippen LogP contribution in [-0.4, -0.2) is 24.6 Å². The minimum atomic E-state index is 0.508. The Hall–Kier alpha value is -1.74. The average Bonchev–Trinajstić information content (AvgIpc) is 2.47. The molecular weight excluding hydrogens is 236 g/mol. The van der Waals surface area contributed by atoms with Gasteiger partial charge in [0.05, 0.1) is 5.70 Å². The first-order valence-corrected chi connectivity index (χ1v) is 6.86. The molecular formula is C16H22N2O. The van der Waals surface area contributed by atoms with Crippen LogP contribution in [0.25, 0.3) is 0 Å². The Labute approximate surface area is 115 Å². The van der Waals surface area contributed by atoms with Crippen molar-refractivity contribution in [1.29, 1.82) is 0 Å². The number of ether oxygens (including phenoxy) is 1. The molecule has 0 aliphatic carbocycles. The molecule has 1 aliphatic heterocycles. The molecule has 1 aliphatic rings. The molecule has 1 aromatic rings. The maximum Gasteiger partial charge on any atom is 0.128 e. The molecule has 0 aromatic heterocycles. The highest BCUT2D eigenvalue weighted by molar-refractivity contribution is 5.33. The van der Waals surface area contributed by atoms with Crippen molar-refractivity contribution >= 4 is 0 Å². The predicted octanol–water partition coefficient (Wildman–Crippen LogP) is 2.69. The molecule has 0 fully saturated rings. The van der Waals surface area contributed by atoms with Crippen LogP contribution in [0, 0.1) is 0 Å². The number of nitrogens with two attached hydrogens (primary N) is 1. The van der Waals surface area contributed by atoms with Crippen LogP contribution < -0.4 is 10.5 Å². The number of rotatable bonds is 6. The summed E-state index contributed by atoms with van der Waals surface area (Å²) < 4.78 is 5.92. The Morgan fingerprint density at radius 1 is 1.32 bits per heavy atom. The minimum Gasteiger partial charge on any atom is -0.487 e. The second-order valence-electron chi connectivity index (χ2n) is 4.63. The summed E-state index contributed by atoms with van der Waals surface area (Å²) in [5, 5.41) is 0. The Balaban J connectivity index is 2.00. The third-order valence-electron chi connectivity index (χ3n) is 3.22. The van der Waals surface area contributed by atoms with Gasteiger partial charge in [0, 0.05) is 25.2 Å². The van der Waals surface area contributed by atoms with Gasteiger partial charge in [0.15, 0.2) is 0 Å². The van der Waals surface area contributed by atoms with Crippen LogP contribution in [0.15, 0.2) is 48.2 Å². The van der Waals surface area contributed by atoms with Crippen molar-refractivity contribution in [3.8, 4) is 5.75 Å². The number of allylic oxidation sites excluding steroid dienone is 2. The second kappa shape index (κ2) is 7.00. The van der Waals surface area contributed by atoms with Gasteiger partial charge in [-0.05, 0) is 18.6 Å². The van der Waals surface area contributed by atoms with Gasteiger partial charge >= 0.3 is 0 Å². The molecule has 1 heterocycles. The number of para-hydroxylation sites is 1. The summed E-state index contributed by atoms with van der Waals surface area (Å²) >= 11 is 0. The molecule has 19 heavy (non-hydrogen) atoms. The number of hydrogen-bond donors (Lipinski definition) is 1. The van der Waals surface area contributed by atoms with Gasteiger partial charge in [0.2, 0.25) is 0 Å². The van der Waals surface area contributed by atoms with E-state index in [2.05, 4.69) is 30.1 Å². The van der Waals surface area contributed by atoms with Crippen molar-refractivity contribution in [3.63, 3.8) is 0 Å². The lowest BCUT2D eigenvalue weighted by molar-refractivity contribution is 0.275. The second-order valence-corrected chi connectivity index (χ2v) is 4.63. The zero-order chi connectivity index (χ0) is 13.5. The summed E-state index contributed by atoms with van der Waals surface area (Å²) in [5.41, 5.74) is 8.00. The number of benzene rings is 1. The number of nitrogens with zero attached hydrogens (tertiary/aromatic N) is 1. The van der Waals surface area contributed by atoms with Crippen molar-refractivity contribution < 1.29 is 4.74 Å². The highest BCUT2D eigenvalue weighted by Gasteiger charge is 2.11. The van der Waals surface area contributed by atoms with E-state index < -0.39 is 0 Å². The number of hydrogen-bond acceptors (Lipinski definition) is 3. The fourth-order valence-corrected chi connectivity index (χ4v) is 2.20. The highest BCUT2D eigenvalue weighted by Crippen LogP contribution is 2.19. The molecule has 0 saturated carbocycles. The van der Waals surface area contributed by atoms with E-state index in [1.165, 1.54) is 5.70 Å². The van der Waals surface area contributed by atoms with Crippen molar-refractivity contribution in [2.24, 2.45) is 5.73 Å². The van der Waals surface area contributed by atoms with E-state index in [1.54, 1.807) is 0 Å². The molecule has 0 unspecified atom stereocenters. The van der Waals surface area contributed by atoms with Crippen LogP contribution in [-0.2, 0) is 6.54 Å². The highest BCUT2D eigenvalue weighted by atomic mass is 16.5. The molecule has 3 heteroatoms.